The highest BCUT2D eigenvalue weighted by Gasteiger charge is 2.41. The zero-order chi connectivity index (χ0) is 32.9. The summed E-state index contributed by atoms with van der Waals surface area (Å²) in [5.41, 5.74) is 10.6. The fourth-order valence-corrected chi connectivity index (χ4v) is 7.90. The van der Waals surface area contributed by atoms with Crippen LogP contribution >= 0.6 is 0 Å². The molecule has 0 aliphatic heterocycles. The average molecular weight is 630 g/mol. The summed E-state index contributed by atoms with van der Waals surface area (Å²) < 4.78 is 9.06. The molecule has 0 saturated heterocycles. The van der Waals surface area contributed by atoms with E-state index < -0.39 is 0 Å². The second-order valence-corrected chi connectivity index (χ2v) is 13.1. The molecule has 0 bridgehead atoms. The summed E-state index contributed by atoms with van der Waals surface area (Å²) in [7, 11) is 0. The predicted octanol–water partition coefficient (Wildman–Crippen LogP) is 10.4. The Morgan fingerprint density at radius 2 is 1.31 bits per heavy atom. The van der Waals surface area contributed by atoms with E-state index in [1.54, 1.807) is 12.1 Å². The van der Waals surface area contributed by atoms with Crippen LogP contribution in [0.4, 0.5) is 0 Å². The summed E-state index contributed by atoms with van der Waals surface area (Å²) in [6.45, 7) is 4.63. The number of hydrogen-bond acceptors (Lipinski definition) is 5. The number of aromatic nitrogens is 4. The molecule has 1 aliphatic carbocycles. The minimum atomic E-state index is -0.297. The van der Waals surface area contributed by atoms with Crippen molar-refractivity contribution in [3.05, 3.63) is 144 Å². The Morgan fingerprint density at radius 3 is 2.08 bits per heavy atom. The van der Waals surface area contributed by atoms with Crippen LogP contribution in [0.5, 0.6) is 0 Å². The maximum absolute atomic E-state index is 9.46. The number of fused-ring (bicyclic) bond motifs is 12. The van der Waals surface area contributed by atoms with Crippen molar-refractivity contribution in [1.29, 1.82) is 5.26 Å². The van der Waals surface area contributed by atoms with Crippen molar-refractivity contribution in [3.63, 3.8) is 0 Å². The van der Waals surface area contributed by atoms with E-state index in [0.717, 1.165) is 55.0 Å². The molecule has 0 unspecified atom stereocenters. The molecule has 49 heavy (non-hydrogen) atoms. The zero-order valence-electron chi connectivity index (χ0n) is 26.8. The van der Waals surface area contributed by atoms with E-state index in [9.17, 15) is 5.26 Å². The third-order valence-corrected chi connectivity index (χ3v) is 10.1. The van der Waals surface area contributed by atoms with Gasteiger partial charge in [0, 0.05) is 38.3 Å². The molecular formula is C43H27N5O. The molecule has 0 spiro atoms. The van der Waals surface area contributed by atoms with Gasteiger partial charge in [-0.25, -0.2) is 4.98 Å². The van der Waals surface area contributed by atoms with Gasteiger partial charge < -0.3 is 4.42 Å². The molecular weight excluding hydrogens is 603 g/mol. The predicted molar refractivity (Wildman–Crippen MR) is 195 cm³/mol. The molecule has 10 rings (SSSR count). The molecule has 9 aromatic rings. The van der Waals surface area contributed by atoms with Crippen molar-refractivity contribution in [1.82, 2.24) is 19.5 Å². The molecule has 0 amide bonds. The topological polar surface area (TPSA) is 80.5 Å². The summed E-state index contributed by atoms with van der Waals surface area (Å²) in [4.78, 5) is 15.4. The molecule has 0 radical (unpaired) electrons. The van der Waals surface area contributed by atoms with Crippen LogP contribution < -0.4 is 0 Å². The molecule has 6 nitrogen and oxygen atoms in total. The van der Waals surface area contributed by atoms with Crippen molar-refractivity contribution in [2.45, 2.75) is 19.3 Å². The van der Waals surface area contributed by atoms with Gasteiger partial charge >= 0.3 is 0 Å². The van der Waals surface area contributed by atoms with Crippen LogP contribution in [0.3, 0.4) is 0 Å². The summed E-state index contributed by atoms with van der Waals surface area (Å²) >= 11 is 0. The van der Waals surface area contributed by atoms with Gasteiger partial charge in [0.1, 0.15) is 11.2 Å². The summed E-state index contributed by atoms with van der Waals surface area (Å²) in [6.07, 6.45) is 0. The van der Waals surface area contributed by atoms with Gasteiger partial charge in [-0.15, -0.1) is 0 Å². The van der Waals surface area contributed by atoms with Gasteiger partial charge in [0.05, 0.1) is 28.1 Å². The van der Waals surface area contributed by atoms with Crippen molar-refractivity contribution in [2.75, 3.05) is 0 Å². The van der Waals surface area contributed by atoms with Gasteiger partial charge in [0.15, 0.2) is 11.6 Å². The lowest BCUT2D eigenvalue weighted by atomic mass is 9.80. The van der Waals surface area contributed by atoms with E-state index >= 15 is 0 Å². The maximum Gasteiger partial charge on any atom is 0.238 e. The van der Waals surface area contributed by atoms with E-state index in [2.05, 4.69) is 85.1 Å². The first-order valence-electron chi connectivity index (χ1n) is 16.4. The fourth-order valence-electron chi connectivity index (χ4n) is 7.90. The first kappa shape index (κ1) is 27.5. The summed E-state index contributed by atoms with van der Waals surface area (Å²) in [5.74, 6) is 1.61. The highest BCUT2D eigenvalue weighted by atomic mass is 16.3. The van der Waals surface area contributed by atoms with Gasteiger partial charge in [0.25, 0.3) is 0 Å². The minimum Gasteiger partial charge on any atom is -0.455 e. The largest absolute Gasteiger partial charge is 0.455 e. The Hall–Kier alpha value is -6.58. The van der Waals surface area contributed by atoms with Crippen LogP contribution in [0.25, 0.3) is 83.6 Å². The molecule has 0 fully saturated rings. The first-order valence-corrected chi connectivity index (χ1v) is 16.4. The van der Waals surface area contributed by atoms with Crippen LogP contribution in [0.2, 0.25) is 0 Å². The lowest BCUT2D eigenvalue weighted by Crippen LogP contribution is -2.15. The van der Waals surface area contributed by atoms with Crippen LogP contribution in [0, 0.1) is 11.3 Å². The van der Waals surface area contributed by atoms with E-state index in [4.69, 9.17) is 19.4 Å². The number of nitriles is 1. The van der Waals surface area contributed by atoms with E-state index in [0.29, 0.717) is 23.2 Å². The minimum absolute atomic E-state index is 0.297. The van der Waals surface area contributed by atoms with Crippen LogP contribution in [-0.2, 0) is 5.41 Å². The molecule has 0 N–H and O–H groups in total. The SMILES string of the molecule is CC1(C)c2ccccc2-c2c1c1c3ccccc3n(-c3nc(-c4ccccc4)nc(-c4ccc(C#N)cc4)n3)c1c1c2oc2ccccc21. The van der Waals surface area contributed by atoms with Crippen molar-refractivity contribution in [2.24, 2.45) is 0 Å². The molecule has 6 aromatic carbocycles. The van der Waals surface area contributed by atoms with E-state index in [1.165, 1.54) is 22.1 Å². The van der Waals surface area contributed by atoms with Crippen molar-refractivity contribution >= 4 is 43.7 Å². The number of nitrogens with zero attached hydrogens (tertiary/aromatic N) is 5. The Labute approximate surface area is 281 Å². The van der Waals surface area contributed by atoms with E-state index in [1.807, 2.05) is 54.6 Å². The second kappa shape index (κ2) is 9.96. The van der Waals surface area contributed by atoms with Gasteiger partial charge in [0.2, 0.25) is 5.95 Å². The van der Waals surface area contributed by atoms with Crippen molar-refractivity contribution < 1.29 is 4.42 Å². The maximum atomic E-state index is 9.46. The monoisotopic (exact) mass is 629 g/mol. The Bertz CT molecular complexity index is 2850. The van der Waals surface area contributed by atoms with Gasteiger partial charge in [-0.3, -0.25) is 4.57 Å². The van der Waals surface area contributed by atoms with Crippen LogP contribution in [-0.4, -0.2) is 19.5 Å². The number of para-hydroxylation sites is 2. The molecule has 1 aliphatic rings. The second-order valence-electron chi connectivity index (χ2n) is 13.1. The third-order valence-electron chi connectivity index (χ3n) is 10.1. The smallest absolute Gasteiger partial charge is 0.238 e. The summed E-state index contributed by atoms with van der Waals surface area (Å²) in [5, 5.41) is 13.8. The normalized spacial score (nSPS) is 13.2. The number of hydrogen-bond donors (Lipinski definition) is 0. The standard InChI is InChI=1S/C43H27N5O/c1-43(2)31-17-9-6-14-28(31)35-37(43)34-29-15-7-10-18-32(29)48(38(34)36-30-16-8-11-19-33(30)49-39(35)36)42-46-40(26-12-4-3-5-13-26)45-41(47-42)27-22-20-25(24-44)21-23-27/h3-23H,1-2H3. The van der Waals surface area contributed by atoms with E-state index in [-0.39, 0.29) is 5.41 Å². The highest BCUT2D eigenvalue weighted by molar-refractivity contribution is 6.30. The first-order chi connectivity index (χ1) is 24.0. The number of benzene rings is 6. The number of rotatable bonds is 3. The molecule has 6 heteroatoms. The van der Waals surface area contributed by atoms with Gasteiger partial charge in [-0.05, 0) is 53.1 Å². The molecule has 3 aromatic heterocycles. The zero-order valence-corrected chi connectivity index (χ0v) is 26.8. The Kier molecular flexibility index (Phi) is 5.60. The van der Waals surface area contributed by atoms with Crippen molar-refractivity contribution in [3.8, 4) is 45.9 Å². The van der Waals surface area contributed by atoms with Crippen LogP contribution in [0.1, 0.15) is 30.5 Å². The molecule has 230 valence electrons. The molecule has 3 heterocycles. The average Bonchev–Trinajstić information content (AvgIpc) is 3.78. The third kappa shape index (κ3) is 3.78. The summed E-state index contributed by atoms with van der Waals surface area (Å²) in [6, 6.07) is 45.1. The lowest BCUT2D eigenvalue weighted by molar-refractivity contribution is 0.658. The molecule has 0 saturated carbocycles. The highest BCUT2D eigenvalue weighted by Crippen LogP contribution is 2.57. The Balaban J connectivity index is 1.41. The van der Waals surface area contributed by atoms with Gasteiger partial charge in [-0.1, -0.05) is 105 Å². The molecule has 0 atom stereocenters. The Morgan fingerprint density at radius 1 is 0.653 bits per heavy atom. The van der Waals surface area contributed by atoms with Crippen LogP contribution in [0.15, 0.2) is 132 Å². The van der Waals surface area contributed by atoms with Gasteiger partial charge in [-0.2, -0.15) is 15.2 Å². The fraction of sp³-hybridized carbons (Fsp3) is 0.0698. The number of furan rings is 1. The lowest BCUT2D eigenvalue weighted by Gasteiger charge is -2.23. The quantitative estimate of drug-likeness (QED) is 0.194.